The summed E-state index contributed by atoms with van der Waals surface area (Å²) in [6, 6.07) is 10.9. The lowest BCUT2D eigenvalue weighted by atomic mass is 10.2. The van der Waals surface area contributed by atoms with Crippen LogP contribution in [0.2, 0.25) is 0 Å². The molecule has 0 spiro atoms. The highest BCUT2D eigenvalue weighted by atomic mass is 16.2. The highest BCUT2D eigenvalue weighted by Crippen LogP contribution is 2.20. The molecular weight excluding hydrogens is 448 g/mol. The second-order valence-corrected chi connectivity index (χ2v) is 8.63. The molecule has 0 unspecified atom stereocenters. The number of carbonyl (C=O) groups is 3. The summed E-state index contributed by atoms with van der Waals surface area (Å²) >= 11 is 0. The van der Waals surface area contributed by atoms with Crippen molar-refractivity contribution in [1.82, 2.24) is 30.0 Å². The van der Waals surface area contributed by atoms with Crippen LogP contribution in [0, 0.1) is 0 Å². The average Bonchev–Trinajstić information content (AvgIpc) is 2.85. The van der Waals surface area contributed by atoms with Gasteiger partial charge in [0.2, 0.25) is 5.91 Å². The van der Waals surface area contributed by atoms with E-state index in [0.717, 1.165) is 31.7 Å². The number of hydrogen-bond acceptors (Lipinski definition) is 8. The Hall–Kier alpha value is -3.57. The van der Waals surface area contributed by atoms with Crippen LogP contribution in [0.25, 0.3) is 11.4 Å². The number of likely N-dealkylation sites (N-methyl/N-ethyl adjacent to an activating group) is 1. The van der Waals surface area contributed by atoms with Crippen molar-refractivity contribution in [2.45, 2.75) is 6.92 Å². The molecule has 11 nitrogen and oxygen atoms in total. The first-order valence-electron chi connectivity index (χ1n) is 11.7. The molecular formula is C24H34N8O3. The van der Waals surface area contributed by atoms with Crippen molar-refractivity contribution >= 4 is 29.4 Å². The van der Waals surface area contributed by atoms with Crippen molar-refractivity contribution in [2.75, 3.05) is 77.1 Å². The monoisotopic (exact) mass is 482 g/mol. The Morgan fingerprint density at radius 3 is 2.31 bits per heavy atom. The molecule has 1 fully saturated rings. The Labute approximate surface area is 205 Å². The summed E-state index contributed by atoms with van der Waals surface area (Å²) in [6.07, 6.45) is 0. The second kappa shape index (κ2) is 12.8. The van der Waals surface area contributed by atoms with E-state index in [-0.39, 0.29) is 11.7 Å². The number of amides is 3. The first-order valence-corrected chi connectivity index (χ1v) is 11.7. The third-order valence-corrected chi connectivity index (χ3v) is 5.52. The number of nitrogens with one attached hydrogen (secondary N) is 3. The van der Waals surface area contributed by atoms with Crippen molar-refractivity contribution in [2.24, 2.45) is 0 Å². The SMILES string of the molecule is CC(=O)NCCNc1cc(NC(=O)C(=O)N2CCN(CCN(C)C)CC2)nc(-c2ccccc2)n1. The molecule has 2 aromatic rings. The van der Waals surface area contributed by atoms with E-state index in [1.807, 2.05) is 44.4 Å². The van der Waals surface area contributed by atoms with Crippen LogP contribution in [0.4, 0.5) is 11.6 Å². The summed E-state index contributed by atoms with van der Waals surface area (Å²) < 4.78 is 0. The molecule has 0 saturated carbocycles. The maximum atomic E-state index is 12.8. The predicted molar refractivity (Wildman–Crippen MR) is 135 cm³/mol. The van der Waals surface area contributed by atoms with Crippen LogP contribution in [0.1, 0.15) is 6.92 Å². The number of aromatic nitrogens is 2. The Balaban J connectivity index is 1.65. The number of benzene rings is 1. The van der Waals surface area contributed by atoms with Crippen molar-refractivity contribution in [3.63, 3.8) is 0 Å². The molecule has 0 aliphatic carbocycles. The van der Waals surface area contributed by atoms with E-state index >= 15 is 0 Å². The predicted octanol–water partition coefficient (Wildman–Crippen LogP) is 0.336. The highest BCUT2D eigenvalue weighted by molar-refractivity contribution is 6.39. The highest BCUT2D eigenvalue weighted by Gasteiger charge is 2.26. The van der Waals surface area contributed by atoms with Gasteiger partial charge >= 0.3 is 11.8 Å². The summed E-state index contributed by atoms with van der Waals surface area (Å²) in [6.45, 7) is 6.68. The van der Waals surface area contributed by atoms with E-state index in [4.69, 9.17) is 0 Å². The van der Waals surface area contributed by atoms with Crippen molar-refractivity contribution in [3.8, 4) is 11.4 Å². The first kappa shape index (κ1) is 26.0. The second-order valence-electron chi connectivity index (χ2n) is 8.63. The third-order valence-electron chi connectivity index (χ3n) is 5.52. The van der Waals surface area contributed by atoms with Gasteiger partial charge in [0.05, 0.1) is 0 Å². The molecule has 188 valence electrons. The quantitative estimate of drug-likeness (QED) is 0.345. The minimum atomic E-state index is -0.728. The van der Waals surface area contributed by atoms with Gasteiger partial charge in [-0.1, -0.05) is 30.3 Å². The van der Waals surface area contributed by atoms with Gasteiger partial charge in [0, 0.05) is 70.9 Å². The van der Waals surface area contributed by atoms with Crippen molar-refractivity contribution < 1.29 is 14.4 Å². The zero-order valence-electron chi connectivity index (χ0n) is 20.6. The van der Waals surface area contributed by atoms with E-state index in [1.54, 1.807) is 11.0 Å². The smallest absolute Gasteiger partial charge is 0.315 e. The molecule has 3 amide bonds. The van der Waals surface area contributed by atoms with Gasteiger partial charge < -0.3 is 25.8 Å². The van der Waals surface area contributed by atoms with Gasteiger partial charge in [-0.2, -0.15) is 0 Å². The Kier molecular flexibility index (Phi) is 9.50. The fraction of sp³-hybridized carbons (Fsp3) is 0.458. The normalized spacial score (nSPS) is 14.0. The number of carbonyl (C=O) groups excluding carboxylic acids is 3. The lowest BCUT2D eigenvalue weighted by Crippen LogP contribution is -2.52. The summed E-state index contributed by atoms with van der Waals surface area (Å²) in [5, 5.41) is 8.46. The third kappa shape index (κ3) is 8.30. The fourth-order valence-electron chi connectivity index (χ4n) is 3.58. The Morgan fingerprint density at radius 2 is 1.66 bits per heavy atom. The van der Waals surface area contributed by atoms with Gasteiger partial charge in [-0.25, -0.2) is 9.97 Å². The van der Waals surface area contributed by atoms with Crippen LogP contribution in [0.3, 0.4) is 0 Å². The first-order chi connectivity index (χ1) is 16.8. The van der Waals surface area contributed by atoms with Crippen molar-refractivity contribution in [3.05, 3.63) is 36.4 Å². The van der Waals surface area contributed by atoms with Crippen LogP contribution in [-0.2, 0) is 14.4 Å². The lowest BCUT2D eigenvalue weighted by Gasteiger charge is -2.34. The van der Waals surface area contributed by atoms with Gasteiger partial charge in [0.15, 0.2) is 5.82 Å². The molecule has 3 rings (SSSR count). The number of nitrogens with zero attached hydrogens (tertiary/aromatic N) is 5. The van der Waals surface area contributed by atoms with Gasteiger partial charge in [-0.05, 0) is 14.1 Å². The van der Waals surface area contributed by atoms with E-state index in [2.05, 4.69) is 35.7 Å². The van der Waals surface area contributed by atoms with Gasteiger partial charge in [0.25, 0.3) is 0 Å². The molecule has 0 atom stereocenters. The summed E-state index contributed by atoms with van der Waals surface area (Å²) in [7, 11) is 4.06. The van der Waals surface area contributed by atoms with Gasteiger partial charge in [0.1, 0.15) is 11.6 Å². The van der Waals surface area contributed by atoms with Crippen LogP contribution >= 0.6 is 0 Å². The molecule has 1 aliphatic heterocycles. The molecule has 2 heterocycles. The maximum absolute atomic E-state index is 12.8. The molecule has 3 N–H and O–H groups in total. The number of hydrogen-bond donors (Lipinski definition) is 3. The molecule has 1 aromatic heterocycles. The Bertz CT molecular complexity index is 1010. The zero-order chi connectivity index (χ0) is 25.2. The van der Waals surface area contributed by atoms with Crippen LogP contribution < -0.4 is 16.0 Å². The Morgan fingerprint density at radius 1 is 0.971 bits per heavy atom. The maximum Gasteiger partial charge on any atom is 0.315 e. The largest absolute Gasteiger partial charge is 0.368 e. The van der Waals surface area contributed by atoms with Gasteiger partial charge in [-0.15, -0.1) is 0 Å². The fourth-order valence-corrected chi connectivity index (χ4v) is 3.58. The minimum Gasteiger partial charge on any atom is -0.368 e. The summed E-state index contributed by atoms with van der Waals surface area (Å²) in [5.74, 6) is -0.312. The van der Waals surface area contributed by atoms with Crippen LogP contribution in [0.15, 0.2) is 36.4 Å². The molecule has 1 aromatic carbocycles. The molecule has 1 saturated heterocycles. The minimum absolute atomic E-state index is 0.121. The molecule has 35 heavy (non-hydrogen) atoms. The molecule has 11 heteroatoms. The number of rotatable bonds is 9. The standard InChI is InChI=1S/C24H34N8O3/c1-18(33)25-9-10-26-20-17-21(28-22(27-20)19-7-5-4-6-8-19)29-23(34)24(35)32-15-13-31(14-16-32)12-11-30(2)3/h4-8,17H,9-16H2,1-3H3,(H,25,33)(H2,26,27,28,29,34). The van der Waals surface area contributed by atoms with E-state index in [9.17, 15) is 14.4 Å². The van der Waals surface area contributed by atoms with E-state index in [0.29, 0.717) is 37.8 Å². The molecule has 0 radical (unpaired) electrons. The van der Waals surface area contributed by atoms with Crippen LogP contribution in [-0.4, -0.2) is 109 Å². The summed E-state index contributed by atoms with van der Waals surface area (Å²) in [5.41, 5.74) is 0.772. The number of anilines is 2. The van der Waals surface area contributed by atoms with Crippen LogP contribution in [0.5, 0.6) is 0 Å². The van der Waals surface area contributed by atoms with Crippen molar-refractivity contribution in [1.29, 1.82) is 0 Å². The average molecular weight is 483 g/mol. The van der Waals surface area contributed by atoms with Gasteiger partial charge in [-0.3, -0.25) is 19.3 Å². The lowest BCUT2D eigenvalue weighted by molar-refractivity contribution is -0.144. The molecule has 0 bridgehead atoms. The molecule has 1 aliphatic rings. The summed E-state index contributed by atoms with van der Waals surface area (Å²) in [4.78, 5) is 51.6. The number of piperazine rings is 1. The van der Waals surface area contributed by atoms with E-state index in [1.165, 1.54) is 6.92 Å². The topological polar surface area (TPSA) is 123 Å². The zero-order valence-corrected chi connectivity index (χ0v) is 20.6. The van der Waals surface area contributed by atoms with E-state index < -0.39 is 11.8 Å².